The topological polar surface area (TPSA) is 114 Å². The number of benzene rings is 2. The summed E-state index contributed by atoms with van der Waals surface area (Å²) in [5, 5.41) is 11.3. The number of hydrogen-bond donors (Lipinski definition) is 2. The van der Waals surface area contributed by atoms with E-state index in [-0.39, 0.29) is 5.82 Å². The lowest BCUT2D eigenvalue weighted by Gasteiger charge is -2.11. The summed E-state index contributed by atoms with van der Waals surface area (Å²) in [4.78, 5) is 12.5. The maximum atomic E-state index is 12.5. The summed E-state index contributed by atoms with van der Waals surface area (Å²) >= 11 is 1.29. The van der Waals surface area contributed by atoms with Crippen LogP contribution in [0, 0.1) is 0 Å². The highest BCUT2D eigenvalue weighted by molar-refractivity contribution is 7.98. The zero-order chi connectivity index (χ0) is 20.8. The van der Waals surface area contributed by atoms with Crippen LogP contribution in [-0.4, -0.2) is 36.2 Å². The maximum Gasteiger partial charge on any atom is 0.315 e. The quantitative estimate of drug-likeness (QED) is 0.423. The summed E-state index contributed by atoms with van der Waals surface area (Å²) < 4.78 is 16.7. The summed E-state index contributed by atoms with van der Waals surface area (Å²) in [5.41, 5.74) is 1.11. The van der Waals surface area contributed by atoms with Gasteiger partial charge in [0.15, 0.2) is 11.5 Å². The van der Waals surface area contributed by atoms with Crippen molar-refractivity contribution in [2.75, 3.05) is 32.5 Å². The molecule has 0 unspecified atom stereocenters. The average molecular weight is 415 g/mol. The molecular formula is C19H21N5O4S. The van der Waals surface area contributed by atoms with Crippen molar-refractivity contribution in [3.05, 3.63) is 58.4 Å². The number of nitrogens with two attached hydrogens (primary N) is 1. The second-order valence-electron chi connectivity index (χ2n) is 5.84. The van der Waals surface area contributed by atoms with Gasteiger partial charge < -0.3 is 25.4 Å². The minimum absolute atomic E-state index is 0.0243. The van der Waals surface area contributed by atoms with Gasteiger partial charge in [0.1, 0.15) is 5.75 Å². The monoisotopic (exact) mass is 415 g/mol. The number of nitrogens with one attached hydrogen (secondary N) is 1. The van der Waals surface area contributed by atoms with E-state index < -0.39 is 5.56 Å². The predicted molar refractivity (Wildman–Crippen MR) is 112 cm³/mol. The number of nitrogens with zero attached hydrogens (tertiary/aromatic N) is 3. The van der Waals surface area contributed by atoms with E-state index in [4.69, 9.17) is 20.1 Å². The maximum absolute atomic E-state index is 12.5. The number of aromatic nitrogens is 3. The lowest BCUT2D eigenvalue weighted by molar-refractivity contribution is 0.354. The Balaban J connectivity index is 1.75. The van der Waals surface area contributed by atoms with E-state index in [1.165, 1.54) is 11.8 Å². The Labute approximate surface area is 171 Å². The summed E-state index contributed by atoms with van der Waals surface area (Å²) in [6, 6.07) is 12.7. The number of thioether (sulfide) groups is 1. The van der Waals surface area contributed by atoms with Gasteiger partial charge in [0.25, 0.3) is 0 Å². The van der Waals surface area contributed by atoms with Crippen molar-refractivity contribution in [2.45, 2.75) is 10.9 Å². The van der Waals surface area contributed by atoms with E-state index in [0.29, 0.717) is 33.8 Å². The molecule has 0 spiro atoms. The van der Waals surface area contributed by atoms with Gasteiger partial charge in [-0.25, -0.2) is 0 Å². The minimum atomic E-state index is -0.488. The molecule has 0 aliphatic heterocycles. The van der Waals surface area contributed by atoms with Crippen LogP contribution in [0.5, 0.6) is 17.2 Å². The number of rotatable bonds is 8. The summed E-state index contributed by atoms with van der Waals surface area (Å²) in [7, 11) is 4.72. The highest BCUT2D eigenvalue weighted by atomic mass is 32.2. The smallest absolute Gasteiger partial charge is 0.315 e. The van der Waals surface area contributed by atoms with Crippen LogP contribution in [-0.2, 0) is 5.75 Å². The Morgan fingerprint density at radius 3 is 2.55 bits per heavy atom. The first-order valence-corrected chi connectivity index (χ1v) is 9.54. The minimum Gasteiger partial charge on any atom is -0.497 e. The van der Waals surface area contributed by atoms with Crippen LogP contribution in [0.2, 0.25) is 0 Å². The highest BCUT2D eigenvalue weighted by Crippen LogP contribution is 2.30. The molecule has 1 aromatic heterocycles. The van der Waals surface area contributed by atoms with Gasteiger partial charge in [-0.2, -0.15) is 4.68 Å². The van der Waals surface area contributed by atoms with Gasteiger partial charge in [-0.1, -0.05) is 23.9 Å². The van der Waals surface area contributed by atoms with Crippen LogP contribution in [0.1, 0.15) is 5.56 Å². The molecule has 1 heterocycles. The Bertz CT molecular complexity index is 1060. The number of ether oxygens (including phenoxy) is 3. The molecule has 0 amide bonds. The largest absolute Gasteiger partial charge is 0.497 e. The number of hydrogen-bond acceptors (Lipinski definition) is 9. The lowest BCUT2D eigenvalue weighted by atomic mass is 10.2. The van der Waals surface area contributed by atoms with Gasteiger partial charge in [-0.15, -0.1) is 10.2 Å². The van der Waals surface area contributed by atoms with Crippen LogP contribution in [0.15, 0.2) is 52.4 Å². The molecular weight excluding hydrogens is 394 g/mol. The molecule has 0 fully saturated rings. The van der Waals surface area contributed by atoms with Gasteiger partial charge in [0.05, 0.1) is 21.3 Å². The molecule has 152 valence electrons. The third kappa shape index (κ3) is 4.72. The first-order valence-electron chi connectivity index (χ1n) is 8.55. The van der Waals surface area contributed by atoms with Crippen molar-refractivity contribution in [3.8, 4) is 17.2 Å². The van der Waals surface area contributed by atoms with Crippen molar-refractivity contribution < 1.29 is 14.2 Å². The fourth-order valence-electron chi connectivity index (χ4n) is 2.52. The molecule has 0 bridgehead atoms. The van der Waals surface area contributed by atoms with Gasteiger partial charge in [0.2, 0.25) is 11.0 Å². The SMILES string of the molecule is COc1cccc(Nc2nnc(SCc3ccc(OC)c(OC)c3)n(N)c2=O)c1. The second kappa shape index (κ2) is 9.20. The molecule has 2 aromatic carbocycles. The predicted octanol–water partition coefficient (Wildman–Crippen LogP) is 2.41. The van der Waals surface area contributed by atoms with E-state index in [2.05, 4.69) is 15.5 Å². The lowest BCUT2D eigenvalue weighted by Crippen LogP contribution is -2.32. The van der Waals surface area contributed by atoms with Gasteiger partial charge in [0, 0.05) is 17.5 Å². The second-order valence-corrected chi connectivity index (χ2v) is 6.78. The molecule has 29 heavy (non-hydrogen) atoms. The van der Waals surface area contributed by atoms with Crippen LogP contribution < -0.4 is 30.9 Å². The number of methoxy groups -OCH3 is 3. The van der Waals surface area contributed by atoms with Crippen LogP contribution in [0.3, 0.4) is 0 Å². The Morgan fingerprint density at radius 1 is 1.03 bits per heavy atom. The molecule has 3 rings (SSSR count). The molecule has 9 nitrogen and oxygen atoms in total. The third-order valence-corrected chi connectivity index (χ3v) is 5.03. The molecule has 0 atom stereocenters. The van der Waals surface area contributed by atoms with E-state index >= 15 is 0 Å². The van der Waals surface area contributed by atoms with E-state index in [1.54, 1.807) is 45.6 Å². The molecule has 3 aromatic rings. The molecule has 10 heteroatoms. The van der Waals surface area contributed by atoms with Crippen molar-refractivity contribution in [2.24, 2.45) is 0 Å². The first kappa shape index (κ1) is 20.3. The van der Waals surface area contributed by atoms with Crippen LogP contribution in [0.4, 0.5) is 11.5 Å². The van der Waals surface area contributed by atoms with E-state index in [0.717, 1.165) is 10.2 Å². The van der Waals surface area contributed by atoms with E-state index in [9.17, 15) is 4.79 Å². The Hall–Kier alpha value is -3.40. The summed E-state index contributed by atoms with van der Waals surface area (Å²) in [5.74, 6) is 8.40. The molecule has 0 saturated heterocycles. The zero-order valence-electron chi connectivity index (χ0n) is 16.2. The van der Waals surface area contributed by atoms with Gasteiger partial charge in [-0.05, 0) is 29.8 Å². The van der Waals surface area contributed by atoms with Crippen molar-refractivity contribution in [3.63, 3.8) is 0 Å². The molecule has 3 N–H and O–H groups in total. The van der Waals surface area contributed by atoms with Crippen LogP contribution >= 0.6 is 11.8 Å². The fourth-order valence-corrected chi connectivity index (χ4v) is 3.31. The van der Waals surface area contributed by atoms with E-state index in [1.807, 2.05) is 18.2 Å². The number of anilines is 2. The summed E-state index contributed by atoms with van der Waals surface area (Å²) in [6.45, 7) is 0. The number of nitrogen functional groups attached to an aromatic ring is 1. The van der Waals surface area contributed by atoms with Crippen molar-refractivity contribution in [1.29, 1.82) is 0 Å². The van der Waals surface area contributed by atoms with Crippen molar-refractivity contribution in [1.82, 2.24) is 14.9 Å². The van der Waals surface area contributed by atoms with Gasteiger partial charge in [-0.3, -0.25) is 4.79 Å². The molecule has 0 aliphatic rings. The van der Waals surface area contributed by atoms with Crippen molar-refractivity contribution >= 4 is 23.3 Å². The van der Waals surface area contributed by atoms with Gasteiger partial charge >= 0.3 is 5.56 Å². The molecule has 0 radical (unpaired) electrons. The third-order valence-electron chi connectivity index (χ3n) is 4.01. The molecule has 0 aliphatic carbocycles. The summed E-state index contributed by atoms with van der Waals surface area (Å²) in [6.07, 6.45) is 0. The fraction of sp³-hybridized carbons (Fsp3) is 0.211. The highest BCUT2D eigenvalue weighted by Gasteiger charge is 2.12. The standard InChI is InChI=1S/C19H21N5O4S/c1-26-14-6-4-5-13(10-14)21-17-18(25)24(20)19(23-22-17)29-11-12-7-8-15(27-2)16(9-12)28-3/h4-10H,11,20H2,1-3H3,(H,21,22). The zero-order valence-corrected chi connectivity index (χ0v) is 17.0. The first-order chi connectivity index (χ1) is 14.0. The van der Waals surface area contributed by atoms with Crippen LogP contribution in [0.25, 0.3) is 0 Å². The Kier molecular flexibility index (Phi) is 6.45. The average Bonchev–Trinajstić information content (AvgIpc) is 2.76. The Morgan fingerprint density at radius 2 is 1.83 bits per heavy atom. The normalized spacial score (nSPS) is 10.4. The molecule has 0 saturated carbocycles.